The summed E-state index contributed by atoms with van der Waals surface area (Å²) in [5.74, 6) is 0.341. The molecule has 4 heteroatoms. The van der Waals surface area contributed by atoms with Crippen LogP contribution in [-0.4, -0.2) is 24.7 Å². The molecule has 2 aromatic rings. The fourth-order valence-corrected chi connectivity index (χ4v) is 3.55. The molecule has 0 saturated heterocycles. The summed E-state index contributed by atoms with van der Waals surface area (Å²) >= 11 is 1.71. The molecule has 0 aliphatic carbocycles. The number of para-hydroxylation sites is 2. The van der Waals surface area contributed by atoms with Gasteiger partial charge in [0.2, 0.25) is 0 Å². The highest BCUT2D eigenvalue weighted by Crippen LogP contribution is 2.51. The van der Waals surface area contributed by atoms with Crippen molar-refractivity contribution in [2.24, 2.45) is 0 Å². The molecule has 0 radical (unpaired) electrons. The summed E-state index contributed by atoms with van der Waals surface area (Å²) in [7, 11) is 1.96. The molecule has 3 nitrogen and oxygen atoms in total. The van der Waals surface area contributed by atoms with Crippen LogP contribution >= 0.6 is 11.8 Å². The summed E-state index contributed by atoms with van der Waals surface area (Å²) in [6.07, 6.45) is 0. The average molecular weight is 286 g/mol. The van der Waals surface area contributed by atoms with Gasteiger partial charge in [-0.25, -0.2) is 0 Å². The summed E-state index contributed by atoms with van der Waals surface area (Å²) in [6, 6.07) is 14.4. The molecule has 2 N–H and O–H groups in total. The fraction of sp³-hybridized carbons (Fsp3) is 0.250. The van der Waals surface area contributed by atoms with Gasteiger partial charge in [0.1, 0.15) is 5.75 Å². The monoisotopic (exact) mass is 286 g/mol. The molecule has 0 fully saturated rings. The number of aromatic hydroxyl groups is 1. The van der Waals surface area contributed by atoms with Gasteiger partial charge in [0, 0.05) is 22.4 Å². The largest absolute Gasteiger partial charge is 0.506 e. The van der Waals surface area contributed by atoms with E-state index in [-0.39, 0.29) is 0 Å². The van der Waals surface area contributed by atoms with E-state index in [1.165, 1.54) is 4.90 Å². The number of anilines is 2. The van der Waals surface area contributed by atoms with Gasteiger partial charge in [-0.05, 0) is 38.2 Å². The van der Waals surface area contributed by atoms with Gasteiger partial charge in [0.15, 0.2) is 0 Å². The number of nitrogens with zero attached hydrogens (tertiary/aromatic N) is 1. The predicted molar refractivity (Wildman–Crippen MR) is 84.2 cm³/mol. The van der Waals surface area contributed by atoms with E-state index in [0.29, 0.717) is 11.8 Å². The molecule has 0 aromatic heterocycles. The van der Waals surface area contributed by atoms with Crippen LogP contribution in [0.25, 0.3) is 0 Å². The third-order valence-electron chi connectivity index (χ3n) is 3.57. The lowest BCUT2D eigenvalue weighted by Gasteiger charge is -2.34. The summed E-state index contributed by atoms with van der Waals surface area (Å²) in [6.45, 7) is 2.96. The van der Waals surface area contributed by atoms with Crippen LogP contribution in [0.5, 0.6) is 5.75 Å². The van der Waals surface area contributed by atoms with Gasteiger partial charge in [-0.15, -0.1) is 0 Å². The first kappa shape index (κ1) is 13.3. The zero-order valence-corrected chi connectivity index (χ0v) is 12.4. The number of phenolic OH excluding ortho intramolecular Hbond substituents is 1. The number of hydrogen-bond donors (Lipinski definition) is 2. The van der Waals surface area contributed by atoms with E-state index in [1.807, 2.05) is 19.2 Å². The molecule has 0 saturated carbocycles. The van der Waals surface area contributed by atoms with Gasteiger partial charge >= 0.3 is 0 Å². The van der Waals surface area contributed by atoms with Crippen molar-refractivity contribution in [3.05, 3.63) is 42.5 Å². The number of nitrogens with one attached hydrogen (secondary N) is 1. The molecule has 20 heavy (non-hydrogen) atoms. The van der Waals surface area contributed by atoms with Gasteiger partial charge in [0.25, 0.3) is 0 Å². The van der Waals surface area contributed by atoms with Crippen molar-refractivity contribution < 1.29 is 5.11 Å². The zero-order valence-electron chi connectivity index (χ0n) is 11.6. The van der Waals surface area contributed by atoms with Crippen molar-refractivity contribution in [2.45, 2.75) is 22.8 Å². The van der Waals surface area contributed by atoms with Crippen LogP contribution in [-0.2, 0) is 0 Å². The normalized spacial score (nSPS) is 14.6. The Kier molecular flexibility index (Phi) is 3.59. The highest BCUT2D eigenvalue weighted by molar-refractivity contribution is 7.99. The molecule has 0 bridgehead atoms. The van der Waals surface area contributed by atoms with Gasteiger partial charge < -0.3 is 15.3 Å². The summed E-state index contributed by atoms with van der Waals surface area (Å²) in [5.41, 5.74) is 2.08. The topological polar surface area (TPSA) is 35.5 Å². The third-order valence-corrected chi connectivity index (χ3v) is 4.69. The quantitative estimate of drug-likeness (QED) is 0.903. The van der Waals surface area contributed by atoms with Crippen molar-refractivity contribution in [2.75, 3.05) is 18.5 Å². The second kappa shape index (κ2) is 5.38. The molecular formula is C16H18N2OS. The maximum absolute atomic E-state index is 10.3. The van der Waals surface area contributed by atoms with E-state index < -0.39 is 0 Å². The van der Waals surface area contributed by atoms with Gasteiger partial charge in [-0.2, -0.15) is 0 Å². The standard InChI is InChI=1S/C16H18N2OS/c1-11(17-2)10-18-12-6-3-4-8-14(12)20-15-9-5-7-13(19)16(15)18/h3-9,11,17,19H,10H2,1-2H3. The van der Waals surface area contributed by atoms with Gasteiger partial charge in [0.05, 0.1) is 11.4 Å². The first-order valence-electron chi connectivity index (χ1n) is 6.74. The van der Waals surface area contributed by atoms with E-state index in [2.05, 4.69) is 41.4 Å². The van der Waals surface area contributed by atoms with Crippen molar-refractivity contribution in [1.82, 2.24) is 5.32 Å². The third kappa shape index (κ3) is 2.25. The number of fused-ring (bicyclic) bond motifs is 2. The Morgan fingerprint density at radius 3 is 2.70 bits per heavy atom. The Morgan fingerprint density at radius 1 is 1.15 bits per heavy atom. The number of benzene rings is 2. The van der Waals surface area contributed by atoms with Crippen LogP contribution in [0.3, 0.4) is 0 Å². The minimum absolute atomic E-state index is 0.332. The molecular weight excluding hydrogens is 268 g/mol. The molecule has 0 amide bonds. The Hall–Kier alpha value is -1.65. The van der Waals surface area contributed by atoms with E-state index >= 15 is 0 Å². The molecule has 1 unspecified atom stereocenters. The summed E-state index contributed by atoms with van der Waals surface area (Å²) in [4.78, 5) is 4.54. The Bertz CT molecular complexity index is 630. The van der Waals surface area contributed by atoms with Crippen LogP contribution in [0.4, 0.5) is 11.4 Å². The van der Waals surface area contributed by atoms with Crippen LogP contribution in [0.15, 0.2) is 52.3 Å². The number of likely N-dealkylation sites (N-methyl/N-ethyl adjacent to an activating group) is 1. The fourth-order valence-electron chi connectivity index (χ4n) is 2.42. The maximum Gasteiger partial charge on any atom is 0.140 e. The second-order valence-corrected chi connectivity index (χ2v) is 6.08. The van der Waals surface area contributed by atoms with Gasteiger partial charge in [-0.3, -0.25) is 0 Å². The molecule has 1 aliphatic heterocycles. The summed E-state index contributed by atoms with van der Waals surface area (Å²) in [5, 5.41) is 13.5. The highest BCUT2D eigenvalue weighted by atomic mass is 32.2. The SMILES string of the molecule is CNC(C)CN1c2ccccc2Sc2cccc(O)c21. The smallest absolute Gasteiger partial charge is 0.140 e. The Morgan fingerprint density at radius 2 is 1.90 bits per heavy atom. The van der Waals surface area contributed by atoms with E-state index in [1.54, 1.807) is 17.8 Å². The highest BCUT2D eigenvalue weighted by Gasteiger charge is 2.26. The van der Waals surface area contributed by atoms with Crippen LogP contribution in [0.1, 0.15) is 6.92 Å². The Labute approximate surface area is 123 Å². The average Bonchev–Trinajstić information content (AvgIpc) is 2.47. The van der Waals surface area contributed by atoms with E-state index in [4.69, 9.17) is 0 Å². The van der Waals surface area contributed by atoms with Crippen molar-refractivity contribution in [1.29, 1.82) is 0 Å². The van der Waals surface area contributed by atoms with Crippen molar-refractivity contribution in [3.63, 3.8) is 0 Å². The van der Waals surface area contributed by atoms with E-state index in [9.17, 15) is 5.11 Å². The first-order chi connectivity index (χ1) is 9.70. The maximum atomic E-state index is 10.3. The second-order valence-electron chi connectivity index (χ2n) is 4.99. The van der Waals surface area contributed by atoms with Crippen molar-refractivity contribution >= 4 is 23.1 Å². The summed E-state index contributed by atoms with van der Waals surface area (Å²) < 4.78 is 0. The lowest BCUT2D eigenvalue weighted by Crippen LogP contribution is -2.36. The van der Waals surface area contributed by atoms with E-state index in [0.717, 1.165) is 22.8 Å². The molecule has 104 valence electrons. The predicted octanol–water partition coefficient (Wildman–Crippen LogP) is 3.60. The minimum atomic E-state index is 0.332. The van der Waals surface area contributed by atoms with Crippen LogP contribution in [0.2, 0.25) is 0 Å². The molecule has 2 aromatic carbocycles. The zero-order chi connectivity index (χ0) is 14.1. The molecule has 1 atom stereocenters. The van der Waals surface area contributed by atoms with Crippen LogP contribution in [0, 0.1) is 0 Å². The molecule has 1 aliphatic rings. The molecule has 3 rings (SSSR count). The number of phenols is 1. The number of hydrogen-bond acceptors (Lipinski definition) is 4. The molecule has 1 heterocycles. The van der Waals surface area contributed by atoms with Gasteiger partial charge in [-0.1, -0.05) is 30.0 Å². The lowest BCUT2D eigenvalue weighted by atomic mass is 10.2. The van der Waals surface area contributed by atoms with Crippen LogP contribution < -0.4 is 10.2 Å². The Balaban J connectivity index is 2.11. The number of rotatable bonds is 3. The first-order valence-corrected chi connectivity index (χ1v) is 7.56. The lowest BCUT2D eigenvalue weighted by molar-refractivity contribution is 0.472. The van der Waals surface area contributed by atoms with Crippen molar-refractivity contribution in [3.8, 4) is 5.75 Å². The molecule has 0 spiro atoms. The minimum Gasteiger partial charge on any atom is -0.506 e.